The Hall–Kier alpha value is -1.96. The first-order valence-electron chi connectivity index (χ1n) is 14.2. The van der Waals surface area contributed by atoms with Gasteiger partial charge in [-0.2, -0.15) is 5.26 Å². The zero-order valence-corrected chi connectivity index (χ0v) is 24.7. The van der Waals surface area contributed by atoms with E-state index in [2.05, 4.69) is 52.6 Å². The second-order valence-electron chi connectivity index (χ2n) is 14.8. The number of aliphatic imine (C=N–C) groups is 1. The fourth-order valence-corrected chi connectivity index (χ4v) is 10.0. The number of rotatable bonds is 4. The Kier molecular flexibility index (Phi) is 6.66. The summed E-state index contributed by atoms with van der Waals surface area (Å²) in [5, 5.41) is 10.0. The fraction of sp³-hybridized carbons (Fsp3) is 0.812. The average Bonchev–Trinajstić information content (AvgIpc) is 2.81. The van der Waals surface area contributed by atoms with Crippen molar-refractivity contribution in [1.29, 1.82) is 5.26 Å². The van der Waals surface area contributed by atoms with E-state index in [0.717, 1.165) is 44.9 Å². The molecular weight excluding hydrogens is 460 g/mol. The molecular formula is C32H48N2O3. The van der Waals surface area contributed by atoms with E-state index < -0.39 is 10.8 Å². The number of ketones is 1. The lowest BCUT2D eigenvalue weighted by Crippen LogP contribution is -2.64. The molecule has 4 aliphatic carbocycles. The number of hydrogen-bond donors (Lipinski definition) is 0. The number of allylic oxidation sites excluding steroid dienone is 2. The van der Waals surface area contributed by atoms with Gasteiger partial charge >= 0.3 is 5.97 Å². The average molecular weight is 509 g/mol. The summed E-state index contributed by atoms with van der Waals surface area (Å²) in [5.41, 5.74) is -0.187. The van der Waals surface area contributed by atoms with Gasteiger partial charge in [0.1, 0.15) is 0 Å². The molecule has 0 radical (unpaired) electrons. The largest absolute Gasteiger partial charge is 0.469 e. The fourth-order valence-electron chi connectivity index (χ4n) is 10.0. The number of ether oxygens (including phenoxy) is 1. The van der Waals surface area contributed by atoms with E-state index in [4.69, 9.17) is 4.74 Å². The quantitative estimate of drug-likeness (QED) is 0.304. The van der Waals surface area contributed by atoms with Crippen LogP contribution < -0.4 is 0 Å². The summed E-state index contributed by atoms with van der Waals surface area (Å²) in [6, 6.07) is 2.49. The Labute approximate surface area is 224 Å². The van der Waals surface area contributed by atoms with Crippen LogP contribution in [0.15, 0.2) is 16.6 Å². The van der Waals surface area contributed by atoms with Crippen LogP contribution in [0.3, 0.4) is 0 Å². The summed E-state index contributed by atoms with van der Waals surface area (Å²) >= 11 is 0. The molecule has 5 heteroatoms. The van der Waals surface area contributed by atoms with Gasteiger partial charge in [0.15, 0.2) is 5.78 Å². The molecule has 4 aliphatic rings. The predicted molar refractivity (Wildman–Crippen MR) is 147 cm³/mol. The van der Waals surface area contributed by atoms with Gasteiger partial charge in [0.25, 0.3) is 0 Å². The third-order valence-corrected chi connectivity index (χ3v) is 12.3. The molecule has 4 rings (SSSR count). The lowest BCUT2D eigenvalue weighted by atomic mass is 9.34. The number of nitrogens with zero attached hydrogens (tertiary/aromatic N) is 2. The minimum Gasteiger partial charge on any atom is -0.469 e. The van der Waals surface area contributed by atoms with Crippen molar-refractivity contribution in [2.24, 2.45) is 55.2 Å². The van der Waals surface area contributed by atoms with Gasteiger partial charge in [-0.25, -0.2) is 0 Å². The molecule has 8 atom stereocenters. The topological polar surface area (TPSA) is 79.5 Å². The van der Waals surface area contributed by atoms with Gasteiger partial charge in [0, 0.05) is 31.0 Å². The monoisotopic (exact) mass is 508 g/mol. The summed E-state index contributed by atoms with van der Waals surface area (Å²) in [5.74, 6) is 0.230. The normalized spacial score (nSPS) is 45.8. The molecule has 0 heterocycles. The SMILES string of the molecule is CN=CC(C)(C)[C@@H]1CC[C@]2(C)[C@H](C(=O)C=C3[C@@H]4C[C@@](C)(C(=O)OC)CC[C@]4(C)CC[C@]32C)[C@@]1(C)CC#N. The molecule has 0 aromatic heterocycles. The van der Waals surface area contributed by atoms with Gasteiger partial charge in [-0.05, 0) is 91.4 Å². The van der Waals surface area contributed by atoms with E-state index in [1.807, 2.05) is 26.3 Å². The first-order chi connectivity index (χ1) is 17.1. The Morgan fingerprint density at radius 1 is 1.16 bits per heavy atom. The van der Waals surface area contributed by atoms with Crippen LogP contribution in [0.2, 0.25) is 0 Å². The van der Waals surface area contributed by atoms with Crippen molar-refractivity contribution in [1.82, 2.24) is 0 Å². The van der Waals surface area contributed by atoms with Crippen LogP contribution in [0.4, 0.5) is 0 Å². The Morgan fingerprint density at radius 2 is 1.81 bits per heavy atom. The summed E-state index contributed by atoms with van der Waals surface area (Å²) in [4.78, 5) is 31.6. The lowest BCUT2D eigenvalue weighted by molar-refractivity contribution is -0.172. The molecule has 0 spiro atoms. The summed E-state index contributed by atoms with van der Waals surface area (Å²) < 4.78 is 5.24. The molecule has 204 valence electrons. The van der Waals surface area contributed by atoms with Crippen LogP contribution in [0, 0.1) is 61.6 Å². The molecule has 0 saturated heterocycles. The number of carbonyl (C=O) groups is 2. The first kappa shape index (κ1) is 28.1. The highest BCUT2D eigenvalue weighted by Gasteiger charge is 2.69. The van der Waals surface area contributed by atoms with E-state index in [0.29, 0.717) is 6.42 Å². The van der Waals surface area contributed by atoms with E-state index in [-0.39, 0.29) is 51.2 Å². The van der Waals surface area contributed by atoms with E-state index in [1.54, 1.807) is 0 Å². The van der Waals surface area contributed by atoms with Crippen LogP contribution in [0.1, 0.15) is 99.8 Å². The maximum atomic E-state index is 14.4. The number of esters is 1. The summed E-state index contributed by atoms with van der Waals surface area (Å²) in [6.45, 7) is 15.8. The van der Waals surface area contributed by atoms with Crippen LogP contribution >= 0.6 is 0 Å². The molecule has 0 bridgehead atoms. The second kappa shape index (κ2) is 8.78. The molecule has 0 aromatic rings. The van der Waals surface area contributed by atoms with Crippen molar-refractivity contribution in [2.75, 3.05) is 14.2 Å². The van der Waals surface area contributed by atoms with Crippen molar-refractivity contribution >= 4 is 18.0 Å². The zero-order chi connectivity index (χ0) is 27.7. The Morgan fingerprint density at radius 3 is 2.41 bits per heavy atom. The third-order valence-electron chi connectivity index (χ3n) is 12.3. The maximum Gasteiger partial charge on any atom is 0.311 e. The first-order valence-corrected chi connectivity index (χ1v) is 14.2. The van der Waals surface area contributed by atoms with Gasteiger partial charge in [0.2, 0.25) is 0 Å². The van der Waals surface area contributed by atoms with E-state index in [1.165, 1.54) is 12.7 Å². The van der Waals surface area contributed by atoms with Crippen molar-refractivity contribution in [3.63, 3.8) is 0 Å². The highest BCUT2D eigenvalue weighted by atomic mass is 16.5. The Bertz CT molecular complexity index is 1080. The molecule has 0 N–H and O–H groups in total. The molecule has 3 saturated carbocycles. The van der Waals surface area contributed by atoms with Crippen molar-refractivity contribution in [3.8, 4) is 6.07 Å². The van der Waals surface area contributed by atoms with Gasteiger partial charge in [0.05, 0.1) is 18.6 Å². The molecule has 5 nitrogen and oxygen atoms in total. The van der Waals surface area contributed by atoms with E-state index >= 15 is 0 Å². The lowest BCUT2D eigenvalue weighted by Gasteiger charge is -2.68. The van der Waals surface area contributed by atoms with E-state index in [9.17, 15) is 14.9 Å². The highest BCUT2D eigenvalue weighted by molar-refractivity contribution is 5.96. The minimum atomic E-state index is -0.519. The maximum absolute atomic E-state index is 14.4. The van der Waals surface area contributed by atoms with Crippen LogP contribution in [0.25, 0.3) is 0 Å². The summed E-state index contributed by atoms with van der Waals surface area (Å²) in [6.07, 6.45) is 11.0. The summed E-state index contributed by atoms with van der Waals surface area (Å²) in [7, 11) is 3.30. The van der Waals surface area contributed by atoms with Crippen LogP contribution in [0.5, 0.6) is 0 Å². The molecule has 0 aliphatic heterocycles. The molecule has 3 fully saturated rings. The minimum absolute atomic E-state index is 0.0924. The van der Waals surface area contributed by atoms with Gasteiger partial charge in [-0.15, -0.1) is 0 Å². The number of fused-ring (bicyclic) bond motifs is 5. The third kappa shape index (κ3) is 3.79. The molecule has 0 unspecified atom stereocenters. The van der Waals surface area contributed by atoms with Gasteiger partial charge < -0.3 is 9.73 Å². The van der Waals surface area contributed by atoms with Gasteiger partial charge in [-0.3, -0.25) is 9.59 Å². The van der Waals surface area contributed by atoms with Crippen molar-refractivity contribution < 1.29 is 14.3 Å². The smallest absolute Gasteiger partial charge is 0.311 e. The van der Waals surface area contributed by atoms with Crippen LogP contribution in [-0.2, 0) is 14.3 Å². The van der Waals surface area contributed by atoms with Crippen molar-refractivity contribution in [2.45, 2.75) is 99.8 Å². The zero-order valence-electron chi connectivity index (χ0n) is 24.7. The standard InChI is InChI=1S/C32H48N2O3/c1-27(2,20-34-8)24-10-11-32(7)25(30(24,5)16-17-33)23(35)18-21-22-19-29(4,26(36)37-9)13-12-28(22,3)14-15-31(21,32)6/h18,20,22,24-25H,10-16,19H2,1-9H3/t22-,24-,25+,28+,29-,30-,31+,32+/m0/s1. The second-order valence-corrected chi connectivity index (χ2v) is 14.8. The van der Waals surface area contributed by atoms with Crippen molar-refractivity contribution in [3.05, 3.63) is 11.6 Å². The number of carbonyl (C=O) groups excluding carboxylic acids is 2. The highest BCUT2D eigenvalue weighted by Crippen LogP contribution is 2.74. The number of nitriles is 1. The Balaban J connectivity index is 1.86. The van der Waals surface area contributed by atoms with Gasteiger partial charge in [-0.1, -0.05) is 47.1 Å². The number of methoxy groups -OCH3 is 1. The van der Waals surface area contributed by atoms with Crippen LogP contribution in [-0.4, -0.2) is 32.1 Å². The predicted octanol–water partition coefficient (Wildman–Crippen LogP) is 6.96. The molecule has 0 amide bonds. The number of hydrogen-bond acceptors (Lipinski definition) is 5. The molecule has 37 heavy (non-hydrogen) atoms. The molecule has 0 aromatic carbocycles.